The Morgan fingerprint density at radius 3 is 2.47 bits per heavy atom. The smallest absolute Gasteiger partial charge is 0.343 e. The molecule has 4 nitrogen and oxygen atoms in total. The van der Waals surface area contributed by atoms with Gasteiger partial charge < -0.3 is 9.64 Å². The van der Waals surface area contributed by atoms with E-state index >= 15 is 0 Å². The van der Waals surface area contributed by atoms with Gasteiger partial charge in [0.1, 0.15) is 5.57 Å². The normalized spacial score (nSPS) is 11.1. The fraction of sp³-hybridized carbons (Fsp3) is 0.286. The van der Waals surface area contributed by atoms with Gasteiger partial charge in [-0.1, -0.05) is 23.7 Å². The maximum atomic E-state index is 12.3. The second-order valence-electron chi connectivity index (χ2n) is 4.04. The van der Waals surface area contributed by atoms with Gasteiger partial charge >= 0.3 is 5.97 Å². The summed E-state index contributed by atoms with van der Waals surface area (Å²) in [7, 11) is 3.44. The lowest BCUT2D eigenvalue weighted by atomic mass is 10.0. The Bertz CT molecular complexity index is 509. The Labute approximate surface area is 117 Å². The Morgan fingerprint density at radius 1 is 1.32 bits per heavy atom. The van der Waals surface area contributed by atoms with Crippen molar-refractivity contribution in [1.29, 1.82) is 0 Å². The summed E-state index contributed by atoms with van der Waals surface area (Å²) in [4.78, 5) is 25.8. The molecule has 0 radical (unpaired) electrons. The highest BCUT2D eigenvalue weighted by molar-refractivity contribution is 6.36. The van der Waals surface area contributed by atoms with E-state index < -0.39 is 11.8 Å². The van der Waals surface area contributed by atoms with Crippen molar-refractivity contribution in [1.82, 2.24) is 4.90 Å². The number of esters is 1. The molecule has 1 aromatic carbocycles. The first-order chi connectivity index (χ1) is 8.97. The minimum Gasteiger partial charge on any atom is -0.462 e. The van der Waals surface area contributed by atoms with Gasteiger partial charge in [-0.3, -0.25) is 4.79 Å². The number of ketones is 1. The summed E-state index contributed by atoms with van der Waals surface area (Å²) in [5.41, 5.74) is 0.241. The van der Waals surface area contributed by atoms with Gasteiger partial charge in [0.15, 0.2) is 0 Å². The predicted octanol–water partition coefficient (Wildman–Crippen LogP) is 2.53. The lowest BCUT2D eigenvalue weighted by Gasteiger charge is -2.11. The van der Waals surface area contributed by atoms with E-state index in [4.69, 9.17) is 16.3 Å². The monoisotopic (exact) mass is 281 g/mol. The molecule has 0 aliphatic heterocycles. The first-order valence-corrected chi connectivity index (χ1v) is 6.19. The van der Waals surface area contributed by atoms with Crippen LogP contribution >= 0.6 is 11.6 Å². The number of halogens is 1. The van der Waals surface area contributed by atoms with E-state index in [1.54, 1.807) is 50.2 Å². The Balaban J connectivity index is 3.16. The largest absolute Gasteiger partial charge is 0.462 e. The zero-order chi connectivity index (χ0) is 14.4. The molecule has 0 heterocycles. The van der Waals surface area contributed by atoms with E-state index in [1.807, 2.05) is 0 Å². The lowest BCUT2D eigenvalue weighted by molar-refractivity contribution is -0.138. The first kappa shape index (κ1) is 15.2. The number of benzene rings is 1. The van der Waals surface area contributed by atoms with E-state index in [0.717, 1.165) is 0 Å². The molecule has 1 rings (SSSR count). The summed E-state index contributed by atoms with van der Waals surface area (Å²) >= 11 is 5.97. The molecular weight excluding hydrogens is 266 g/mol. The minimum absolute atomic E-state index is 0.0417. The molecule has 0 amide bonds. The molecule has 0 fully saturated rings. The quantitative estimate of drug-likeness (QED) is 0.274. The number of hydrogen-bond acceptors (Lipinski definition) is 4. The van der Waals surface area contributed by atoms with Gasteiger partial charge in [0.25, 0.3) is 0 Å². The third-order valence-electron chi connectivity index (χ3n) is 2.25. The van der Waals surface area contributed by atoms with Gasteiger partial charge in [0.05, 0.1) is 11.6 Å². The fourth-order valence-corrected chi connectivity index (χ4v) is 1.68. The molecule has 102 valence electrons. The number of carbonyl (C=O) groups is 2. The van der Waals surface area contributed by atoms with Crippen LogP contribution in [0.2, 0.25) is 5.02 Å². The summed E-state index contributed by atoms with van der Waals surface area (Å²) in [6, 6.07) is 6.59. The van der Waals surface area contributed by atoms with Crippen molar-refractivity contribution < 1.29 is 14.3 Å². The van der Waals surface area contributed by atoms with Crippen molar-refractivity contribution in [3.05, 3.63) is 46.6 Å². The van der Waals surface area contributed by atoms with Crippen molar-refractivity contribution in [2.75, 3.05) is 20.7 Å². The minimum atomic E-state index is -0.652. The topological polar surface area (TPSA) is 46.6 Å². The third kappa shape index (κ3) is 4.10. The van der Waals surface area contributed by atoms with Crippen LogP contribution in [0.25, 0.3) is 0 Å². The molecule has 0 bridgehead atoms. The van der Waals surface area contributed by atoms with Crippen LogP contribution < -0.4 is 0 Å². The highest BCUT2D eigenvalue weighted by Crippen LogP contribution is 2.19. The van der Waals surface area contributed by atoms with E-state index in [1.165, 1.54) is 6.20 Å². The van der Waals surface area contributed by atoms with Crippen LogP contribution in [0, 0.1) is 0 Å². The molecular formula is C14H16ClNO3. The van der Waals surface area contributed by atoms with Crippen LogP contribution in [0.15, 0.2) is 36.0 Å². The molecule has 0 aromatic heterocycles. The van der Waals surface area contributed by atoms with Crippen molar-refractivity contribution in [3.63, 3.8) is 0 Å². The number of carbonyl (C=O) groups excluding carboxylic acids is 2. The van der Waals surface area contributed by atoms with Gasteiger partial charge in [-0.15, -0.1) is 0 Å². The average Bonchev–Trinajstić information content (AvgIpc) is 2.36. The van der Waals surface area contributed by atoms with Crippen molar-refractivity contribution in [2.24, 2.45) is 0 Å². The Morgan fingerprint density at radius 2 is 1.95 bits per heavy atom. The summed E-state index contributed by atoms with van der Waals surface area (Å²) in [6.07, 6.45) is 1.43. The molecule has 0 saturated carbocycles. The Kier molecular flexibility index (Phi) is 5.57. The molecule has 0 spiro atoms. The number of Topliss-reactive ketones (excluding diaryl/α,β-unsaturated/α-hetero) is 1. The van der Waals surface area contributed by atoms with Gasteiger partial charge in [0, 0.05) is 25.9 Å². The summed E-state index contributed by atoms with van der Waals surface area (Å²) in [5.74, 6) is -1.10. The zero-order valence-electron chi connectivity index (χ0n) is 11.1. The van der Waals surface area contributed by atoms with Crippen LogP contribution in [-0.2, 0) is 9.53 Å². The lowest BCUT2D eigenvalue weighted by Crippen LogP contribution is -2.19. The van der Waals surface area contributed by atoms with Crippen LogP contribution in [0.3, 0.4) is 0 Å². The molecule has 0 aliphatic carbocycles. The molecule has 19 heavy (non-hydrogen) atoms. The van der Waals surface area contributed by atoms with Gasteiger partial charge in [-0.05, 0) is 19.1 Å². The highest BCUT2D eigenvalue weighted by atomic mass is 35.5. The van der Waals surface area contributed by atoms with Gasteiger partial charge in [-0.2, -0.15) is 0 Å². The number of nitrogens with zero attached hydrogens (tertiary/aromatic N) is 1. The van der Waals surface area contributed by atoms with E-state index in [-0.39, 0.29) is 17.7 Å². The number of hydrogen-bond donors (Lipinski definition) is 0. The molecule has 0 N–H and O–H groups in total. The van der Waals surface area contributed by atoms with Crippen LogP contribution in [0.4, 0.5) is 0 Å². The van der Waals surface area contributed by atoms with E-state index in [9.17, 15) is 9.59 Å². The zero-order valence-corrected chi connectivity index (χ0v) is 11.9. The van der Waals surface area contributed by atoms with E-state index in [2.05, 4.69) is 0 Å². The maximum absolute atomic E-state index is 12.3. The molecule has 1 aromatic rings. The van der Waals surface area contributed by atoms with Crippen molar-refractivity contribution in [2.45, 2.75) is 6.92 Å². The highest BCUT2D eigenvalue weighted by Gasteiger charge is 2.23. The fourth-order valence-electron chi connectivity index (χ4n) is 1.46. The average molecular weight is 282 g/mol. The molecule has 5 heteroatoms. The number of ether oxygens (including phenoxy) is 1. The van der Waals surface area contributed by atoms with Crippen molar-refractivity contribution in [3.8, 4) is 0 Å². The predicted molar refractivity (Wildman–Crippen MR) is 74.2 cm³/mol. The summed E-state index contributed by atoms with van der Waals surface area (Å²) in [6.45, 7) is 1.89. The van der Waals surface area contributed by atoms with Crippen LogP contribution in [0.1, 0.15) is 17.3 Å². The molecule has 0 atom stereocenters. The van der Waals surface area contributed by atoms with Gasteiger partial charge in [-0.25, -0.2) is 4.79 Å². The number of rotatable bonds is 5. The standard InChI is InChI=1S/C14H16ClNO3/c1-4-19-14(18)11(9-16(2)3)13(17)10-7-5-6-8-12(10)15/h5-9H,4H2,1-3H3/b11-9+. The van der Waals surface area contributed by atoms with Crippen molar-refractivity contribution >= 4 is 23.4 Å². The molecule has 0 saturated heterocycles. The van der Waals surface area contributed by atoms with Crippen LogP contribution in [0.5, 0.6) is 0 Å². The SMILES string of the molecule is CCOC(=O)/C(=C/N(C)C)C(=O)c1ccccc1Cl. The summed E-state index contributed by atoms with van der Waals surface area (Å²) < 4.78 is 4.89. The third-order valence-corrected chi connectivity index (χ3v) is 2.58. The second kappa shape index (κ2) is 6.95. The first-order valence-electron chi connectivity index (χ1n) is 5.82. The Hall–Kier alpha value is -1.81. The van der Waals surface area contributed by atoms with Gasteiger partial charge in [0.2, 0.25) is 5.78 Å². The van der Waals surface area contributed by atoms with E-state index in [0.29, 0.717) is 5.02 Å². The second-order valence-corrected chi connectivity index (χ2v) is 4.44. The summed E-state index contributed by atoms with van der Waals surface area (Å²) in [5, 5.41) is 0.307. The maximum Gasteiger partial charge on any atom is 0.343 e. The molecule has 0 aliphatic rings. The van der Waals surface area contributed by atoms with Crippen LogP contribution in [-0.4, -0.2) is 37.4 Å². The molecule has 0 unspecified atom stereocenters.